The number of hydrogen-bond acceptors (Lipinski definition) is 1. The molecule has 0 saturated carbocycles. The molecule has 0 fully saturated rings. The first-order chi connectivity index (χ1) is 8.86. The van der Waals surface area contributed by atoms with Crippen molar-refractivity contribution in [2.75, 3.05) is 7.11 Å². The number of aromatic amines is 2. The third kappa shape index (κ3) is 1.19. The second kappa shape index (κ2) is 3.42. The molecule has 0 atom stereocenters. The number of nitrogens with one attached hydrogen (secondary N) is 2. The number of hydrogen-bond donors (Lipinski definition) is 2. The fourth-order valence-corrected chi connectivity index (χ4v) is 2.94. The summed E-state index contributed by atoms with van der Waals surface area (Å²) in [7, 11) is 1.71. The molecule has 0 amide bonds. The van der Waals surface area contributed by atoms with E-state index in [1.165, 1.54) is 33.4 Å². The van der Waals surface area contributed by atoms with Gasteiger partial charge >= 0.3 is 0 Å². The molecule has 1 aromatic carbocycles. The van der Waals surface area contributed by atoms with Crippen LogP contribution in [-0.2, 0) is 12.8 Å². The van der Waals surface area contributed by atoms with E-state index in [1.807, 2.05) is 12.3 Å². The second-order valence-electron chi connectivity index (χ2n) is 4.76. The van der Waals surface area contributed by atoms with E-state index in [4.69, 9.17) is 4.74 Å². The Labute approximate surface area is 105 Å². The molecule has 3 aromatic rings. The number of aromatic nitrogens is 2. The van der Waals surface area contributed by atoms with Crippen molar-refractivity contribution in [3.8, 4) is 17.0 Å². The van der Waals surface area contributed by atoms with Crippen LogP contribution in [0.5, 0.6) is 5.75 Å². The smallest absolute Gasteiger partial charge is 0.119 e. The van der Waals surface area contributed by atoms with Gasteiger partial charge in [0.2, 0.25) is 0 Å². The fourth-order valence-electron chi connectivity index (χ4n) is 2.94. The minimum atomic E-state index is 0.921. The molecule has 0 radical (unpaired) electrons. The average molecular weight is 238 g/mol. The monoisotopic (exact) mass is 238 g/mol. The van der Waals surface area contributed by atoms with E-state index < -0.39 is 0 Å². The van der Waals surface area contributed by atoms with E-state index in [1.54, 1.807) is 7.11 Å². The molecule has 1 aliphatic rings. The lowest BCUT2D eigenvalue weighted by Crippen LogP contribution is -2.01. The average Bonchev–Trinajstić information content (AvgIpc) is 3.01. The predicted molar refractivity (Wildman–Crippen MR) is 72.0 cm³/mol. The molecule has 0 saturated heterocycles. The van der Waals surface area contributed by atoms with E-state index in [-0.39, 0.29) is 0 Å². The standard InChI is InChI=1S/C15H14N2O/c1-18-9-2-4-14-12(8-9)10-3-5-13-11(6-7-16-13)15(10)17-14/h2,4,6-8,16-17H,3,5H2,1H3. The molecule has 0 spiro atoms. The zero-order valence-corrected chi connectivity index (χ0v) is 10.2. The van der Waals surface area contributed by atoms with Crippen molar-refractivity contribution in [1.29, 1.82) is 0 Å². The van der Waals surface area contributed by atoms with Gasteiger partial charge < -0.3 is 14.7 Å². The third-order valence-electron chi connectivity index (χ3n) is 3.84. The maximum Gasteiger partial charge on any atom is 0.119 e. The van der Waals surface area contributed by atoms with Crippen LogP contribution in [0.1, 0.15) is 11.3 Å². The van der Waals surface area contributed by atoms with Gasteiger partial charge in [0.15, 0.2) is 0 Å². The number of rotatable bonds is 1. The lowest BCUT2D eigenvalue weighted by Gasteiger charge is -2.12. The summed E-state index contributed by atoms with van der Waals surface area (Å²) in [6, 6.07) is 8.38. The molecule has 2 N–H and O–H groups in total. The molecule has 4 rings (SSSR count). The SMILES string of the molecule is COc1ccc2[nH]c3c(c2c1)CCc1[nH]ccc1-3. The van der Waals surface area contributed by atoms with Gasteiger partial charge in [-0.25, -0.2) is 0 Å². The number of benzene rings is 1. The Balaban J connectivity index is 2.04. The Morgan fingerprint density at radius 1 is 1.17 bits per heavy atom. The number of aryl methyl sites for hydroxylation is 2. The van der Waals surface area contributed by atoms with Crippen molar-refractivity contribution in [1.82, 2.24) is 9.97 Å². The Bertz CT molecular complexity index is 736. The fraction of sp³-hybridized carbons (Fsp3) is 0.200. The van der Waals surface area contributed by atoms with Crippen molar-refractivity contribution < 1.29 is 4.74 Å². The summed E-state index contributed by atoms with van der Waals surface area (Å²) in [6.07, 6.45) is 4.18. The van der Waals surface area contributed by atoms with Crippen molar-refractivity contribution in [2.24, 2.45) is 0 Å². The number of fused-ring (bicyclic) bond motifs is 5. The van der Waals surface area contributed by atoms with Gasteiger partial charge in [0.05, 0.1) is 12.8 Å². The van der Waals surface area contributed by atoms with Crippen LogP contribution in [0.2, 0.25) is 0 Å². The van der Waals surface area contributed by atoms with Gasteiger partial charge in [0, 0.05) is 28.4 Å². The topological polar surface area (TPSA) is 40.8 Å². The van der Waals surface area contributed by atoms with Crippen molar-refractivity contribution in [3.05, 3.63) is 41.7 Å². The first kappa shape index (κ1) is 9.83. The van der Waals surface area contributed by atoms with Crippen molar-refractivity contribution in [3.63, 3.8) is 0 Å². The summed E-state index contributed by atoms with van der Waals surface area (Å²) in [6.45, 7) is 0. The normalized spacial score (nSPS) is 13.4. The van der Waals surface area contributed by atoms with E-state index in [0.29, 0.717) is 0 Å². The highest BCUT2D eigenvalue weighted by atomic mass is 16.5. The van der Waals surface area contributed by atoms with Crippen molar-refractivity contribution in [2.45, 2.75) is 12.8 Å². The highest BCUT2D eigenvalue weighted by molar-refractivity contribution is 5.93. The molecule has 0 unspecified atom stereocenters. The Morgan fingerprint density at radius 2 is 2.11 bits per heavy atom. The van der Waals surface area contributed by atoms with Gasteiger partial charge in [-0.1, -0.05) is 0 Å². The molecule has 1 aliphatic carbocycles. The lowest BCUT2D eigenvalue weighted by molar-refractivity contribution is 0.415. The highest BCUT2D eigenvalue weighted by Gasteiger charge is 2.21. The molecule has 2 heterocycles. The Morgan fingerprint density at radius 3 is 3.00 bits per heavy atom. The van der Waals surface area contributed by atoms with Crippen LogP contribution >= 0.6 is 0 Å². The molecule has 0 bridgehead atoms. The molecule has 3 heteroatoms. The van der Waals surface area contributed by atoms with Crippen LogP contribution in [0, 0.1) is 0 Å². The van der Waals surface area contributed by atoms with Crippen molar-refractivity contribution >= 4 is 10.9 Å². The Kier molecular flexibility index (Phi) is 1.87. The van der Waals surface area contributed by atoms with E-state index in [0.717, 1.165) is 18.6 Å². The molecular formula is C15H14N2O. The summed E-state index contributed by atoms with van der Waals surface area (Å²) >= 11 is 0. The summed E-state index contributed by atoms with van der Waals surface area (Å²) in [4.78, 5) is 6.85. The minimum Gasteiger partial charge on any atom is -0.497 e. The number of H-pyrrole nitrogens is 2. The minimum absolute atomic E-state index is 0.921. The predicted octanol–water partition coefficient (Wildman–Crippen LogP) is 3.27. The van der Waals surface area contributed by atoms with Gasteiger partial charge in [0.25, 0.3) is 0 Å². The van der Waals surface area contributed by atoms with E-state index in [2.05, 4.69) is 28.2 Å². The molecule has 0 aliphatic heterocycles. The van der Waals surface area contributed by atoms with Crippen LogP contribution in [0.15, 0.2) is 30.5 Å². The van der Waals surface area contributed by atoms with Gasteiger partial charge in [-0.15, -0.1) is 0 Å². The van der Waals surface area contributed by atoms with Crippen LogP contribution in [-0.4, -0.2) is 17.1 Å². The maximum atomic E-state index is 5.32. The van der Waals surface area contributed by atoms with Gasteiger partial charge in [-0.2, -0.15) is 0 Å². The third-order valence-corrected chi connectivity index (χ3v) is 3.84. The van der Waals surface area contributed by atoms with E-state index >= 15 is 0 Å². The van der Waals surface area contributed by atoms with Crippen LogP contribution < -0.4 is 4.74 Å². The lowest BCUT2D eigenvalue weighted by atomic mass is 9.94. The molecule has 18 heavy (non-hydrogen) atoms. The summed E-state index contributed by atoms with van der Waals surface area (Å²) < 4.78 is 5.32. The zero-order valence-electron chi connectivity index (χ0n) is 10.2. The highest BCUT2D eigenvalue weighted by Crippen LogP contribution is 2.37. The number of ether oxygens (including phenoxy) is 1. The van der Waals surface area contributed by atoms with Crippen LogP contribution in [0.25, 0.3) is 22.2 Å². The number of methoxy groups -OCH3 is 1. The maximum absolute atomic E-state index is 5.32. The molecule has 3 nitrogen and oxygen atoms in total. The summed E-state index contributed by atoms with van der Waals surface area (Å²) in [5, 5.41) is 1.29. The quantitative estimate of drug-likeness (QED) is 0.671. The first-order valence-electron chi connectivity index (χ1n) is 6.22. The van der Waals surface area contributed by atoms with Gasteiger partial charge in [-0.05, 0) is 42.7 Å². The largest absolute Gasteiger partial charge is 0.497 e. The zero-order chi connectivity index (χ0) is 12.1. The van der Waals surface area contributed by atoms with Crippen LogP contribution in [0.3, 0.4) is 0 Å². The molecule has 90 valence electrons. The van der Waals surface area contributed by atoms with Gasteiger partial charge in [-0.3, -0.25) is 0 Å². The molecule has 2 aromatic heterocycles. The van der Waals surface area contributed by atoms with E-state index in [9.17, 15) is 0 Å². The molecular weight excluding hydrogens is 224 g/mol. The second-order valence-corrected chi connectivity index (χ2v) is 4.76. The van der Waals surface area contributed by atoms with Crippen LogP contribution in [0.4, 0.5) is 0 Å². The Hall–Kier alpha value is -2.16. The first-order valence-corrected chi connectivity index (χ1v) is 6.22. The summed E-state index contributed by atoms with van der Waals surface area (Å²) in [5.41, 5.74) is 6.51. The summed E-state index contributed by atoms with van der Waals surface area (Å²) in [5.74, 6) is 0.921. The van der Waals surface area contributed by atoms with Gasteiger partial charge in [0.1, 0.15) is 5.75 Å².